The third kappa shape index (κ3) is 5.11. The number of amides is 1. The van der Waals surface area contributed by atoms with Crippen molar-refractivity contribution >= 4 is 11.7 Å². The van der Waals surface area contributed by atoms with Crippen LogP contribution in [0.3, 0.4) is 0 Å². The molecule has 19 heavy (non-hydrogen) atoms. The Labute approximate surface area is 107 Å². The first-order chi connectivity index (χ1) is 8.81. The van der Waals surface area contributed by atoms with Crippen LogP contribution in [0.4, 0.5) is 23.4 Å². The summed E-state index contributed by atoms with van der Waals surface area (Å²) in [7, 11) is 0. The second-order valence-electron chi connectivity index (χ2n) is 3.89. The van der Waals surface area contributed by atoms with Gasteiger partial charge < -0.3 is 11.1 Å². The molecule has 0 aliphatic heterocycles. The molecule has 0 atom stereocenters. The lowest BCUT2D eigenvalue weighted by atomic mass is 10.2. The predicted octanol–water partition coefficient (Wildman–Crippen LogP) is 2.27. The number of nitrogens with one attached hydrogen (secondary N) is 1. The van der Waals surface area contributed by atoms with Crippen LogP contribution in [0, 0.1) is 5.82 Å². The molecule has 0 saturated heterocycles. The van der Waals surface area contributed by atoms with Gasteiger partial charge in [0, 0.05) is 19.2 Å². The summed E-state index contributed by atoms with van der Waals surface area (Å²) in [5.74, 6) is -2.06. The zero-order chi connectivity index (χ0) is 14.5. The highest BCUT2D eigenvalue weighted by Crippen LogP contribution is 2.21. The lowest BCUT2D eigenvalue weighted by molar-refractivity contribution is -0.135. The molecule has 0 aromatic carbocycles. The van der Waals surface area contributed by atoms with E-state index in [0.717, 1.165) is 6.07 Å². The molecule has 0 fully saturated rings. The van der Waals surface area contributed by atoms with Crippen molar-refractivity contribution in [2.45, 2.75) is 25.4 Å². The Morgan fingerprint density at radius 2 is 2.05 bits per heavy atom. The van der Waals surface area contributed by atoms with Crippen molar-refractivity contribution in [1.82, 2.24) is 10.3 Å². The average Bonchev–Trinajstić information content (AvgIpc) is 2.30. The minimum Gasteiger partial charge on any atom is -0.381 e. The lowest BCUT2D eigenvalue weighted by Crippen LogP contribution is -2.26. The number of pyridine rings is 1. The second kappa shape index (κ2) is 6.35. The number of halogens is 4. The van der Waals surface area contributed by atoms with Gasteiger partial charge in [-0.3, -0.25) is 4.79 Å². The summed E-state index contributed by atoms with van der Waals surface area (Å²) < 4.78 is 48.9. The number of aromatic nitrogens is 1. The molecule has 0 spiro atoms. The van der Waals surface area contributed by atoms with Crippen molar-refractivity contribution in [2.24, 2.45) is 0 Å². The van der Waals surface area contributed by atoms with E-state index in [9.17, 15) is 22.4 Å². The lowest BCUT2D eigenvalue weighted by Gasteiger charge is -2.08. The highest BCUT2D eigenvalue weighted by molar-refractivity contribution is 5.95. The minimum absolute atomic E-state index is 0.0383. The van der Waals surface area contributed by atoms with Crippen LogP contribution in [0.15, 0.2) is 12.3 Å². The Hall–Kier alpha value is -1.86. The standard InChI is InChI=1S/C11H13F4N3O/c12-8-7(3-6-17-9(8)16)10(19)18-5-2-1-4-11(13,14)15/h3,6H,1-2,4-5H2,(H2,16,17)(H,18,19). The average molecular weight is 279 g/mol. The molecule has 0 radical (unpaired) electrons. The summed E-state index contributed by atoms with van der Waals surface area (Å²) in [4.78, 5) is 15.0. The topological polar surface area (TPSA) is 68.0 Å². The summed E-state index contributed by atoms with van der Waals surface area (Å²) in [6.07, 6.45) is -3.86. The molecular weight excluding hydrogens is 266 g/mol. The molecule has 0 aliphatic carbocycles. The van der Waals surface area contributed by atoms with Crippen molar-refractivity contribution in [3.8, 4) is 0 Å². The molecule has 1 rings (SSSR count). The van der Waals surface area contributed by atoms with Crippen LogP contribution in [0.25, 0.3) is 0 Å². The Morgan fingerprint density at radius 3 is 2.68 bits per heavy atom. The Morgan fingerprint density at radius 1 is 1.37 bits per heavy atom. The predicted molar refractivity (Wildman–Crippen MR) is 60.8 cm³/mol. The number of hydrogen-bond donors (Lipinski definition) is 2. The van der Waals surface area contributed by atoms with Gasteiger partial charge in [-0.25, -0.2) is 9.37 Å². The van der Waals surface area contributed by atoms with Crippen LogP contribution < -0.4 is 11.1 Å². The zero-order valence-corrected chi connectivity index (χ0v) is 9.93. The van der Waals surface area contributed by atoms with Crippen LogP contribution in [0.2, 0.25) is 0 Å². The smallest absolute Gasteiger partial charge is 0.381 e. The highest BCUT2D eigenvalue weighted by atomic mass is 19.4. The largest absolute Gasteiger partial charge is 0.389 e. The Balaban J connectivity index is 2.38. The maximum absolute atomic E-state index is 13.4. The van der Waals surface area contributed by atoms with Gasteiger partial charge in [-0.15, -0.1) is 0 Å². The molecule has 3 N–H and O–H groups in total. The van der Waals surface area contributed by atoms with Crippen molar-refractivity contribution in [1.29, 1.82) is 0 Å². The fraction of sp³-hybridized carbons (Fsp3) is 0.455. The van der Waals surface area contributed by atoms with E-state index < -0.39 is 30.1 Å². The number of carbonyl (C=O) groups is 1. The van der Waals surface area contributed by atoms with E-state index in [0.29, 0.717) is 0 Å². The van der Waals surface area contributed by atoms with Crippen molar-refractivity contribution in [3.63, 3.8) is 0 Å². The monoisotopic (exact) mass is 279 g/mol. The molecule has 1 heterocycles. The normalized spacial score (nSPS) is 11.4. The maximum Gasteiger partial charge on any atom is 0.389 e. The van der Waals surface area contributed by atoms with E-state index in [1.54, 1.807) is 0 Å². The fourth-order valence-corrected chi connectivity index (χ4v) is 1.38. The summed E-state index contributed by atoms with van der Waals surface area (Å²) >= 11 is 0. The number of anilines is 1. The maximum atomic E-state index is 13.4. The number of unbranched alkanes of at least 4 members (excludes halogenated alkanes) is 1. The van der Waals surface area contributed by atoms with E-state index in [2.05, 4.69) is 10.3 Å². The van der Waals surface area contributed by atoms with Gasteiger partial charge in [0.1, 0.15) is 0 Å². The van der Waals surface area contributed by atoms with Crippen LogP contribution >= 0.6 is 0 Å². The minimum atomic E-state index is -4.20. The summed E-state index contributed by atoms with van der Waals surface area (Å²) in [5, 5.41) is 2.32. The zero-order valence-electron chi connectivity index (χ0n) is 9.93. The Bertz CT molecular complexity index is 448. The second-order valence-corrected chi connectivity index (χ2v) is 3.89. The first-order valence-electron chi connectivity index (χ1n) is 5.56. The van der Waals surface area contributed by atoms with E-state index in [1.807, 2.05) is 0 Å². The molecule has 0 bridgehead atoms. The molecule has 0 unspecified atom stereocenters. The number of rotatable bonds is 5. The quantitative estimate of drug-likeness (QED) is 0.641. The van der Waals surface area contributed by atoms with Crippen LogP contribution in [-0.2, 0) is 0 Å². The van der Waals surface area contributed by atoms with Crippen molar-refractivity contribution < 1.29 is 22.4 Å². The summed E-state index contributed by atoms with van der Waals surface area (Å²) in [6, 6.07) is 1.15. The number of nitrogens with zero attached hydrogens (tertiary/aromatic N) is 1. The number of nitrogens with two attached hydrogens (primary N) is 1. The first kappa shape index (κ1) is 15.2. The van der Waals surface area contributed by atoms with Gasteiger partial charge >= 0.3 is 6.18 Å². The van der Waals surface area contributed by atoms with Gasteiger partial charge in [-0.2, -0.15) is 13.2 Å². The molecule has 4 nitrogen and oxygen atoms in total. The van der Waals surface area contributed by atoms with E-state index in [-0.39, 0.29) is 24.9 Å². The van der Waals surface area contributed by atoms with E-state index in [1.165, 1.54) is 6.20 Å². The first-order valence-corrected chi connectivity index (χ1v) is 5.56. The SMILES string of the molecule is Nc1nccc(C(=O)NCCCCC(F)(F)F)c1F. The Kier molecular flexibility index (Phi) is 5.08. The third-order valence-corrected chi connectivity index (χ3v) is 2.33. The molecule has 1 aromatic rings. The van der Waals surface area contributed by atoms with Gasteiger partial charge in [-0.05, 0) is 18.9 Å². The van der Waals surface area contributed by atoms with Crippen molar-refractivity contribution in [2.75, 3.05) is 12.3 Å². The highest BCUT2D eigenvalue weighted by Gasteiger charge is 2.25. The molecular formula is C11H13F4N3O. The van der Waals surface area contributed by atoms with Crippen LogP contribution in [-0.4, -0.2) is 23.6 Å². The van der Waals surface area contributed by atoms with Gasteiger partial charge in [0.25, 0.3) is 5.91 Å². The molecule has 1 aromatic heterocycles. The molecule has 1 amide bonds. The van der Waals surface area contributed by atoms with Crippen molar-refractivity contribution in [3.05, 3.63) is 23.6 Å². The number of nitrogen functional groups attached to an aromatic ring is 1. The van der Waals surface area contributed by atoms with Gasteiger partial charge in [-0.1, -0.05) is 0 Å². The number of hydrogen-bond acceptors (Lipinski definition) is 3. The molecule has 0 saturated carbocycles. The number of carbonyl (C=O) groups excluding carboxylic acids is 1. The fourth-order valence-electron chi connectivity index (χ4n) is 1.38. The summed E-state index contributed by atoms with van der Waals surface area (Å²) in [5.41, 5.74) is 4.92. The molecule has 8 heteroatoms. The third-order valence-electron chi connectivity index (χ3n) is 2.33. The van der Waals surface area contributed by atoms with Gasteiger partial charge in [0.15, 0.2) is 11.6 Å². The van der Waals surface area contributed by atoms with Crippen LogP contribution in [0.5, 0.6) is 0 Å². The van der Waals surface area contributed by atoms with Gasteiger partial charge in [0.05, 0.1) is 5.56 Å². The van der Waals surface area contributed by atoms with Gasteiger partial charge in [0.2, 0.25) is 0 Å². The number of alkyl halides is 3. The van der Waals surface area contributed by atoms with E-state index >= 15 is 0 Å². The molecule has 0 aliphatic rings. The van der Waals surface area contributed by atoms with E-state index in [4.69, 9.17) is 5.73 Å². The van der Waals surface area contributed by atoms with Crippen LogP contribution in [0.1, 0.15) is 29.6 Å². The summed E-state index contributed by atoms with van der Waals surface area (Å²) in [6.45, 7) is 0.0383. The molecule has 106 valence electrons.